The van der Waals surface area contributed by atoms with Crippen molar-refractivity contribution < 1.29 is 37.3 Å². The van der Waals surface area contributed by atoms with Crippen LogP contribution in [-0.2, 0) is 27.9 Å². The van der Waals surface area contributed by atoms with Crippen LogP contribution < -0.4 is 10.2 Å². The van der Waals surface area contributed by atoms with Gasteiger partial charge < -0.3 is 28.5 Å². The molecule has 0 rings (SSSR count). The summed E-state index contributed by atoms with van der Waals surface area (Å²) in [6, 6.07) is -0.887. The average Bonchev–Trinajstić information content (AvgIpc) is 3.36. The first kappa shape index (κ1) is 72.2. The molecule has 3 unspecified atom stereocenters. The molecule has 0 aromatic rings. The second-order valence-electron chi connectivity index (χ2n) is 22.9. The summed E-state index contributed by atoms with van der Waals surface area (Å²) in [5, 5.41) is 3.04. The maximum atomic E-state index is 13.5. The SMILES string of the molecule is CCCCC/C=C\C/C=C\CCCCCCCCCC(=O)OC(/C=C/CCCCCCCCCCCC)C(COP(=O)([O-])OCC[N+](C)(C)C)NC(=O)CCCCCCCCCCCCCCCCCCCCC. The van der Waals surface area contributed by atoms with E-state index in [2.05, 4.69) is 50.4 Å². The number of unbranched alkanes of at least 4 members (excludes halogenated alkanes) is 38. The minimum absolute atomic E-state index is 0.0212. The Morgan fingerprint density at radius 3 is 1.24 bits per heavy atom. The maximum absolute atomic E-state index is 13.5. The lowest BCUT2D eigenvalue weighted by Gasteiger charge is -2.30. The number of carbonyl (C=O) groups is 2. The lowest BCUT2D eigenvalue weighted by atomic mass is 10.0. The van der Waals surface area contributed by atoms with E-state index in [0.717, 1.165) is 77.0 Å². The first-order chi connectivity index (χ1) is 35.9. The van der Waals surface area contributed by atoms with Crippen molar-refractivity contribution in [3.63, 3.8) is 0 Å². The number of phosphoric ester groups is 1. The van der Waals surface area contributed by atoms with Gasteiger partial charge in [-0.25, -0.2) is 0 Å². The van der Waals surface area contributed by atoms with Gasteiger partial charge in [-0.3, -0.25) is 14.2 Å². The van der Waals surface area contributed by atoms with Crippen molar-refractivity contribution in [3.05, 3.63) is 36.5 Å². The maximum Gasteiger partial charge on any atom is 0.306 e. The van der Waals surface area contributed by atoms with E-state index < -0.39 is 20.0 Å². The van der Waals surface area contributed by atoms with E-state index >= 15 is 0 Å². The number of amides is 1. The molecule has 0 saturated heterocycles. The average molecular weight is 1060 g/mol. The van der Waals surface area contributed by atoms with E-state index in [-0.39, 0.29) is 31.5 Å². The molecule has 0 radical (unpaired) electrons. The summed E-state index contributed by atoms with van der Waals surface area (Å²) in [5.41, 5.74) is 0. The van der Waals surface area contributed by atoms with Gasteiger partial charge in [-0.2, -0.15) is 0 Å². The molecule has 436 valence electrons. The van der Waals surface area contributed by atoms with Gasteiger partial charge in [-0.15, -0.1) is 0 Å². The summed E-state index contributed by atoms with van der Waals surface area (Å²) in [7, 11) is 1.19. The first-order valence-corrected chi connectivity index (χ1v) is 33.3. The number of hydrogen-bond acceptors (Lipinski definition) is 7. The Hall–Kier alpha value is -1.77. The number of quaternary nitrogens is 1. The van der Waals surface area contributed by atoms with Gasteiger partial charge in [0.25, 0.3) is 7.82 Å². The number of esters is 1. The molecular formula is C64H123N2O7P. The van der Waals surface area contributed by atoms with E-state index in [0.29, 0.717) is 17.4 Å². The Kier molecular flexibility index (Phi) is 53.3. The Bertz CT molecular complexity index is 1360. The highest BCUT2D eigenvalue weighted by atomic mass is 31.2. The molecule has 1 amide bonds. The number of nitrogens with one attached hydrogen (secondary N) is 1. The molecule has 10 heteroatoms. The third kappa shape index (κ3) is 55.0. The fraction of sp³-hybridized carbons (Fsp3) is 0.875. The molecule has 0 aliphatic heterocycles. The first-order valence-electron chi connectivity index (χ1n) is 31.8. The van der Waals surface area contributed by atoms with Gasteiger partial charge in [-0.1, -0.05) is 269 Å². The van der Waals surface area contributed by atoms with Crippen molar-refractivity contribution in [1.29, 1.82) is 0 Å². The second kappa shape index (κ2) is 54.6. The Morgan fingerprint density at radius 1 is 0.473 bits per heavy atom. The van der Waals surface area contributed by atoms with Crippen LogP contribution in [0.15, 0.2) is 36.5 Å². The van der Waals surface area contributed by atoms with Crippen LogP contribution >= 0.6 is 7.82 Å². The van der Waals surface area contributed by atoms with Crippen molar-refractivity contribution in [3.8, 4) is 0 Å². The molecule has 0 spiro atoms. The zero-order valence-electron chi connectivity index (χ0n) is 49.8. The molecule has 9 nitrogen and oxygen atoms in total. The second-order valence-corrected chi connectivity index (χ2v) is 24.3. The number of nitrogens with zero attached hydrogens (tertiary/aromatic N) is 1. The predicted octanol–water partition coefficient (Wildman–Crippen LogP) is 18.9. The molecule has 0 saturated carbocycles. The summed E-state index contributed by atoms with van der Waals surface area (Å²) in [6.45, 7) is 6.85. The third-order valence-electron chi connectivity index (χ3n) is 14.3. The molecule has 0 aromatic heterocycles. The van der Waals surface area contributed by atoms with E-state index in [9.17, 15) is 19.0 Å². The van der Waals surface area contributed by atoms with Gasteiger partial charge in [-0.05, 0) is 63.9 Å². The highest BCUT2D eigenvalue weighted by molar-refractivity contribution is 7.45. The van der Waals surface area contributed by atoms with Gasteiger partial charge in [0.1, 0.15) is 19.3 Å². The van der Waals surface area contributed by atoms with Crippen molar-refractivity contribution in [2.45, 2.75) is 322 Å². The number of rotatable bonds is 58. The summed E-state index contributed by atoms with van der Waals surface area (Å²) >= 11 is 0. The van der Waals surface area contributed by atoms with E-state index in [1.54, 1.807) is 0 Å². The molecule has 0 aromatic carbocycles. The molecule has 0 heterocycles. The fourth-order valence-corrected chi connectivity index (χ4v) is 10.1. The highest BCUT2D eigenvalue weighted by Crippen LogP contribution is 2.38. The largest absolute Gasteiger partial charge is 0.756 e. The van der Waals surface area contributed by atoms with Crippen LogP contribution in [0.3, 0.4) is 0 Å². The van der Waals surface area contributed by atoms with Crippen LogP contribution in [0, 0.1) is 0 Å². The topological polar surface area (TPSA) is 114 Å². The van der Waals surface area contributed by atoms with Gasteiger partial charge in [0, 0.05) is 12.8 Å². The number of likely N-dealkylation sites (N-methyl/N-ethyl adjacent to an activating group) is 1. The van der Waals surface area contributed by atoms with Crippen LogP contribution in [-0.4, -0.2) is 69.4 Å². The predicted molar refractivity (Wildman–Crippen MR) is 316 cm³/mol. The fourth-order valence-electron chi connectivity index (χ4n) is 9.38. The zero-order valence-corrected chi connectivity index (χ0v) is 50.7. The summed E-state index contributed by atoms with van der Waals surface area (Å²) in [4.78, 5) is 40.0. The molecule has 0 aliphatic carbocycles. The Labute approximate surface area is 459 Å². The Morgan fingerprint density at radius 2 is 0.824 bits per heavy atom. The standard InChI is InChI=1S/C64H123N2O7P/c1-7-10-13-16-19-22-25-28-30-32-33-35-36-38-41-44-47-50-53-56-63(67)65-61(60-72-74(69,70)71-59-58-66(4,5)6)62(55-52-49-46-43-40-27-24-21-18-15-12-9-3)73-64(68)57-54-51-48-45-42-39-37-34-31-29-26-23-20-17-14-11-8-2/h20,23,29,31,52,55,61-62H,7-19,21-22,24-28,30,32-51,53-54,56-60H2,1-6H3,(H-,65,67,69,70)/b23-20-,31-29-,55-52+. The van der Waals surface area contributed by atoms with Crippen LogP contribution in [0.5, 0.6) is 0 Å². The molecule has 0 fully saturated rings. The van der Waals surface area contributed by atoms with Crippen molar-refractivity contribution in [2.75, 3.05) is 40.9 Å². The van der Waals surface area contributed by atoms with Crippen LogP contribution in [0.2, 0.25) is 0 Å². The van der Waals surface area contributed by atoms with E-state index in [1.807, 2.05) is 33.3 Å². The zero-order chi connectivity index (χ0) is 54.3. The van der Waals surface area contributed by atoms with Crippen molar-refractivity contribution >= 4 is 19.7 Å². The van der Waals surface area contributed by atoms with E-state index in [4.69, 9.17) is 13.8 Å². The number of phosphoric acid groups is 1. The number of ether oxygens (including phenoxy) is 1. The lowest BCUT2D eigenvalue weighted by molar-refractivity contribution is -0.870. The van der Waals surface area contributed by atoms with Gasteiger partial charge in [0.2, 0.25) is 5.91 Å². The number of carbonyl (C=O) groups excluding carboxylic acids is 2. The summed E-state index contributed by atoms with van der Waals surface area (Å²) in [6.07, 6.45) is 65.3. The molecule has 0 aliphatic rings. The van der Waals surface area contributed by atoms with Gasteiger partial charge >= 0.3 is 5.97 Å². The monoisotopic (exact) mass is 1060 g/mol. The quantitative estimate of drug-likeness (QED) is 0.0212. The number of allylic oxidation sites excluding steroid dienone is 5. The van der Waals surface area contributed by atoms with Crippen LogP contribution in [0.25, 0.3) is 0 Å². The smallest absolute Gasteiger partial charge is 0.306 e. The summed E-state index contributed by atoms with van der Waals surface area (Å²) in [5.74, 6) is -0.536. The third-order valence-corrected chi connectivity index (χ3v) is 15.3. The molecule has 74 heavy (non-hydrogen) atoms. The minimum Gasteiger partial charge on any atom is -0.756 e. The van der Waals surface area contributed by atoms with E-state index in [1.165, 1.54) is 199 Å². The van der Waals surface area contributed by atoms with Gasteiger partial charge in [0.15, 0.2) is 0 Å². The van der Waals surface area contributed by atoms with Crippen molar-refractivity contribution in [2.24, 2.45) is 0 Å². The Balaban J connectivity index is 5.22. The molecular weight excluding hydrogens is 940 g/mol. The minimum atomic E-state index is -4.70. The highest BCUT2D eigenvalue weighted by Gasteiger charge is 2.27. The van der Waals surface area contributed by atoms with Crippen LogP contribution in [0.4, 0.5) is 0 Å². The lowest BCUT2D eigenvalue weighted by Crippen LogP contribution is -2.47. The molecule has 0 bridgehead atoms. The molecule has 3 atom stereocenters. The van der Waals surface area contributed by atoms with Crippen molar-refractivity contribution in [1.82, 2.24) is 5.32 Å². The van der Waals surface area contributed by atoms with Crippen LogP contribution in [0.1, 0.15) is 310 Å². The van der Waals surface area contributed by atoms with Gasteiger partial charge in [0.05, 0.1) is 33.8 Å². The number of hydrogen-bond donors (Lipinski definition) is 1. The molecule has 1 N–H and O–H groups in total. The normalized spacial score (nSPS) is 13.9. The summed E-state index contributed by atoms with van der Waals surface area (Å²) < 4.78 is 30.3.